The second-order valence-corrected chi connectivity index (χ2v) is 3.87. The molecule has 13 heavy (non-hydrogen) atoms. The largest absolute Gasteiger partial charge is 0.379 e. The van der Waals surface area contributed by atoms with Crippen LogP contribution in [0.3, 0.4) is 0 Å². The Labute approximate surface area is 82.4 Å². The summed E-state index contributed by atoms with van der Waals surface area (Å²) < 4.78 is 5.42. The quantitative estimate of drug-likeness (QED) is 0.571. The highest BCUT2D eigenvalue weighted by molar-refractivity contribution is 4.53. The van der Waals surface area contributed by atoms with Gasteiger partial charge in [0.15, 0.2) is 0 Å². The van der Waals surface area contributed by atoms with Crippen LogP contribution >= 0.6 is 0 Å². The third-order valence-electron chi connectivity index (χ3n) is 1.79. The van der Waals surface area contributed by atoms with E-state index in [9.17, 15) is 0 Å². The van der Waals surface area contributed by atoms with Gasteiger partial charge >= 0.3 is 0 Å². The molecule has 1 N–H and O–H groups in total. The molecule has 0 aliphatic rings. The summed E-state index contributed by atoms with van der Waals surface area (Å²) in [6, 6.07) is 0. The van der Waals surface area contributed by atoms with Crippen LogP contribution in [0.15, 0.2) is 0 Å². The summed E-state index contributed by atoms with van der Waals surface area (Å²) in [6.07, 6.45) is 0. The number of nitrogens with zero attached hydrogens (tertiary/aromatic N) is 1. The third kappa shape index (κ3) is 9.80. The first-order valence-electron chi connectivity index (χ1n) is 5.07. The van der Waals surface area contributed by atoms with Crippen molar-refractivity contribution in [3.63, 3.8) is 0 Å². The first-order valence-corrected chi connectivity index (χ1v) is 5.07. The predicted molar refractivity (Wildman–Crippen MR) is 57.1 cm³/mol. The molecule has 0 aliphatic heterocycles. The summed E-state index contributed by atoms with van der Waals surface area (Å²) in [5.74, 6) is 0.738. The third-order valence-corrected chi connectivity index (χ3v) is 1.79. The molecule has 3 heteroatoms. The van der Waals surface area contributed by atoms with E-state index in [2.05, 4.69) is 31.1 Å². The molecule has 0 aromatic carbocycles. The maximum absolute atomic E-state index is 5.42. The Hall–Kier alpha value is -0.120. The van der Waals surface area contributed by atoms with Crippen LogP contribution in [-0.4, -0.2) is 51.8 Å². The molecular weight excluding hydrogens is 164 g/mol. The van der Waals surface area contributed by atoms with E-state index in [1.54, 1.807) is 0 Å². The fourth-order valence-corrected chi connectivity index (χ4v) is 1.21. The van der Waals surface area contributed by atoms with Gasteiger partial charge in [-0.3, -0.25) is 0 Å². The molecule has 0 aromatic rings. The van der Waals surface area contributed by atoms with E-state index in [0.29, 0.717) is 0 Å². The number of nitrogens with one attached hydrogen (secondary N) is 1. The normalized spacial score (nSPS) is 11.5. The van der Waals surface area contributed by atoms with Crippen LogP contribution < -0.4 is 5.32 Å². The molecule has 80 valence electrons. The lowest BCUT2D eigenvalue weighted by Gasteiger charge is -2.18. The standard InChI is InChI=1S/C10H24N2O/c1-10(2)9-12(4)6-8-13-7-5-11-3/h10-11H,5-9H2,1-4H3. The fraction of sp³-hybridized carbons (Fsp3) is 1.00. The van der Waals surface area contributed by atoms with Crippen LogP contribution in [0.1, 0.15) is 13.8 Å². The first kappa shape index (κ1) is 12.9. The molecule has 0 aromatic heterocycles. The molecular formula is C10H24N2O. The van der Waals surface area contributed by atoms with Gasteiger partial charge in [0, 0.05) is 19.6 Å². The Balaban J connectivity index is 3.12. The zero-order valence-electron chi connectivity index (χ0n) is 9.47. The van der Waals surface area contributed by atoms with E-state index < -0.39 is 0 Å². The van der Waals surface area contributed by atoms with Crippen molar-refractivity contribution >= 4 is 0 Å². The van der Waals surface area contributed by atoms with E-state index in [-0.39, 0.29) is 0 Å². The smallest absolute Gasteiger partial charge is 0.0593 e. The average Bonchev–Trinajstić information content (AvgIpc) is 2.02. The zero-order chi connectivity index (χ0) is 10.1. The summed E-state index contributed by atoms with van der Waals surface area (Å²) in [7, 11) is 4.08. The molecule has 0 atom stereocenters. The van der Waals surface area contributed by atoms with Gasteiger partial charge < -0.3 is 15.0 Å². The van der Waals surface area contributed by atoms with Gasteiger partial charge in [-0.25, -0.2) is 0 Å². The fourth-order valence-electron chi connectivity index (χ4n) is 1.21. The summed E-state index contributed by atoms with van der Waals surface area (Å²) >= 11 is 0. The van der Waals surface area contributed by atoms with Crippen molar-refractivity contribution in [2.75, 3.05) is 46.9 Å². The number of ether oxygens (including phenoxy) is 1. The Bertz CT molecular complexity index is 107. The average molecular weight is 188 g/mol. The lowest BCUT2D eigenvalue weighted by atomic mass is 10.2. The molecule has 0 amide bonds. The highest BCUT2D eigenvalue weighted by Gasteiger charge is 2.00. The van der Waals surface area contributed by atoms with Crippen LogP contribution in [-0.2, 0) is 4.74 Å². The molecule has 0 heterocycles. The van der Waals surface area contributed by atoms with Crippen molar-refractivity contribution < 1.29 is 4.74 Å². The highest BCUT2D eigenvalue weighted by atomic mass is 16.5. The predicted octanol–water partition coefficient (Wildman–Crippen LogP) is 0.810. The molecule has 0 saturated heterocycles. The van der Waals surface area contributed by atoms with E-state index in [4.69, 9.17) is 4.74 Å². The number of hydrogen-bond donors (Lipinski definition) is 1. The number of hydrogen-bond acceptors (Lipinski definition) is 3. The van der Waals surface area contributed by atoms with Gasteiger partial charge in [0.1, 0.15) is 0 Å². The van der Waals surface area contributed by atoms with Gasteiger partial charge in [-0.15, -0.1) is 0 Å². The van der Waals surface area contributed by atoms with Crippen LogP contribution in [0, 0.1) is 5.92 Å². The minimum Gasteiger partial charge on any atom is -0.379 e. The lowest BCUT2D eigenvalue weighted by Crippen LogP contribution is -2.28. The molecule has 0 bridgehead atoms. The Morgan fingerprint density at radius 1 is 1.31 bits per heavy atom. The first-order chi connectivity index (χ1) is 6.16. The molecule has 0 rings (SSSR count). The molecule has 0 radical (unpaired) electrons. The van der Waals surface area contributed by atoms with E-state index in [0.717, 1.165) is 38.8 Å². The van der Waals surface area contributed by atoms with Gasteiger partial charge in [-0.2, -0.15) is 0 Å². The number of rotatable bonds is 8. The summed E-state index contributed by atoms with van der Waals surface area (Å²) in [5.41, 5.74) is 0. The summed E-state index contributed by atoms with van der Waals surface area (Å²) in [6.45, 7) is 9.23. The second kappa shape index (κ2) is 8.48. The summed E-state index contributed by atoms with van der Waals surface area (Å²) in [4.78, 5) is 2.31. The Morgan fingerprint density at radius 2 is 2.00 bits per heavy atom. The van der Waals surface area contributed by atoms with Gasteiger partial charge in [-0.1, -0.05) is 13.8 Å². The molecule has 0 saturated carbocycles. The van der Waals surface area contributed by atoms with Gasteiger partial charge in [0.2, 0.25) is 0 Å². The van der Waals surface area contributed by atoms with Crippen molar-refractivity contribution in [3.05, 3.63) is 0 Å². The minimum absolute atomic E-state index is 0.738. The second-order valence-electron chi connectivity index (χ2n) is 3.87. The lowest BCUT2D eigenvalue weighted by molar-refractivity contribution is 0.111. The van der Waals surface area contributed by atoms with Crippen molar-refractivity contribution in [3.8, 4) is 0 Å². The van der Waals surface area contributed by atoms with Gasteiger partial charge in [0.05, 0.1) is 13.2 Å². The minimum atomic E-state index is 0.738. The van der Waals surface area contributed by atoms with Crippen molar-refractivity contribution in [1.29, 1.82) is 0 Å². The van der Waals surface area contributed by atoms with Crippen LogP contribution in [0.5, 0.6) is 0 Å². The monoisotopic (exact) mass is 188 g/mol. The maximum Gasteiger partial charge on any atom is 0.0593 e. The van der Waals surface area contributed by atoms with Crippen LogP contribution in [0.25, 0.3) is 0 Å². The van der Waals surface area contributed by atoms with Crippen molar-refractivity contribution in [1.82, 2.24) is 10.2 Å². The van der Waals surface area contributed by atoms with E-state index >= 15 is 0 Å². The SMILES string of the molecule is CNCCOCCN(C)CC(C)C. The molecule has 0 spiro atoms. The van der Waals surface area contributed by atoms with Crippen LogP contribution in [0.2, 0.25) is 0 Å². The topological polar surface area (TPSA) is 24.5 Å². The van der Waals surface area contributed by atoms with Crippen molar-refractivity contribution in [2.45, 2.75) is 13.8 Å². The zero-order valence-corrected chi connectivity index (χ0v) is 9.47. The molecule has 0 aliphatic carbocycles. The molecule has 0 fully saturated rings. The summed E-state index contributed by atoms with van der Waals surface area (Å²) in [5, 5.41) is 3.05. The van der Waals surface area contributed by atoms with E-state index in [1.165, 1.54) is 0 Å². The Kier molecular flexibility index (Phi) is 8.40. The maximum atomic E-state index is 5.42. The van der Waals surface area contributed by atoms with Crippen LogP contribution in [0.4, 0.5) is 0 Å². The molecule has 3 nitrogen and oxygen atoms in total. The van der Waals surface area contributed by atoms with Gasteiger partial charge in [-0.05, 0) is 20.0 Å². The Morgan fingerprint density at radius 3 is 2.54 bits per heavy atom. The molecule has 0 unspecified atom stereocenters. The van der Waals surface area contributed by atoms with Gasteiger partial charge in [0.25, 0.3) is 0 Å². The highest BCUT2D eigenvalue weighted by Crippen LogP contribution is 1.94. The van der Waals surface area contributed by atoms with E-state index in [1.807, 2.05) is 7.05 Å². The van der Waals surface area contributed by atoms with Crippen molar-refractivity contribution in [2.24, 2.45) is 5.92 Å². The number of likely N-dealkylation sites (N-methyl/N-ethyl adjacent to an activating group) is 2.